The molecule has 2 amide bonds. The Labute approximate surface area is 137 Å². The predicted molar refractivity (Wildman–Crippen MR) is 83.1 cm³/mol. The highest BCUT2D eigenvalue weighted by molar-refractivity contribution is 6.21. The van der Waals surface area contributed by atoms with Gasteiger partial charge >= 0.3 is 5.97 Å². The van der Waals surface area contributed by atoms with Crippen molar-refractivity contribution in [1.29, 1.82) is 0 Å². The van der Waals surface area contributed by atoms with Gasteiger partial charge in [0.15, 0.2) is 0 Å². The monoisotopic (exact) mass is 327 g/mol. The van der Waals surface area contributed by atoms with E-state index < -0.39 is 36.1 Å². The van der Waals surface area contributed by atoms with Crippen LogP contribution in [0, 0.1) is 12.7 Å². The number of aliphatic carboxylic acids is 1. The summed E-state index contributed by atoms with van der Waals surface area (Å²) in [5.74, 6) is -2.71. The average Bonchev–Trinajstić information content (AvgIpc) is 2.77. The zero-order valence-corrected chi connectivity index (χ0v) is 12.8. The molecule has 3 rings (SSSR count). The van der Waals surface area contributed by atoms with Crippen molar-refractivity contribution in [2.24, 2.45) is 0 Å². The molecule has 2 aromatic carbocycles. The Balaban J connectivity index is 2.05. The lowest BCUT2D eigenvalue weighted by molar-refractivity contribution is -0.138. The Morgan fingerprint density at radius 2 is 1.71 bits per heavy atom. The lowest BCUT2D eigenvalue weighted by Gasteiger charge is -2.25. The third kappa shape index (κ3) is 2.67. The van der Waals surface area contributed by atoms with E-state index in [1.165, 1.54) is 24.3 Å². The van der Waals surface area contributed by atoms with E-state index in [1.54, 1.807) is 25.1 Å². The molecular weight excluding hydrogens is 313 g/mol. The number of carbonyl (C=O) groups excluding carboxylic acids is 2. The number of amides is 2. The number of aryl methyl sites for hydroxylation is 1. The van der Waals surface area contributed by atoms with Gasteiger partial charge in [-0.1, -0.05) is 23.8 Å². The summed E-state index contributed by atoms with van der Waals surface area (Å²) in [5.41, 5.74) is 1.74. The van der Waals surface area contributed by atoms with E-state index in [9.17, 15) is 23.9 Å². The minimum absolute atomic E-state index is 0.253. The molecule has 2 aromatic rings. The van der Waals surface area contributed by atoms with E-state index in [0.717, 1.165) is 10.5 Å². The molecule has 0 spiro atoms. The Bertz CT molecular complexity index is 845. The molecule has 1 aliphatic heterocycles. The molecule has 1 heterocycles. The van der Waals surface area contributed by atoms with Crippen LogP contribution in [0.4, 0.5) is 4.39 Å². The number of fused-ring (bicyclic) bond motifs is 1. The standard InChI is InChI=1S/C18H14FNO4/c1-10-2-7-13-14(8-10)18(24)20(17(13)23)15(9-16(21)22)11-3-5-12(19)6-4-11/h2-8,15H,9H2,1H3,(H,21,22). The lowest BCUT2D eigenvalue weighted by Crippen LogP contribution is -2.35. The summed E-state index contributed by atoms with van der Waals surface area (Å²) in [6.07, 6.45) is -0.448. The highest BCUT2D eigenvalue weighted by Gasteiger charge is 2.41. The molecule has 0 aromatic heterocycles. The predicted octanol–water partition coefficient (Wildman–Crippen LogP) is 2.95. The number of imide groups is 1. The second-order valence-corrected chi connectivity index (χ2v) is 5.69. The number of benzene rings is 2. The zero-order chi connectivity index (χ0) is 17.4. The lowest BCUT2D eigenvalue weighted by atomic mass is 10.0. The molecule has 0 aliphatic carbocycles. The number of halogens is 1. The van der Waals surface area contributed by atoms with Crippen molar-refractivity contribution < 1.29 is 23.9 Å². The van der Waals surface area contributed by atoms with Crippen LogP contribution in [0.25, 0.3) is 0 Å². The van der Waals surface area contributed by atoms with Crippen molar-refractivity contribution in [3.05, 3.63) is 70.5 Å². The SMILES string of the molecule is Cc1ccc2c(c1)C(=O)N(C(CC(=O)O)c1ccc(F)cc1)C2=O. The smallest absolute Gasteiger partial charge is 0.305 e. The third-order valence-corrected chi connectivity index (χ3v) is 4.01. The van der Waals surface area contributed by atoms with Gasteiger partial charge < -0.3 is 5.11 Å². The summed E-state index contributed by atoms with van der Waals surface area (Å²) in [6, 6.07) is 9.02. The number of hydrogen-bond donors (Lipinski definition) is 1. The van der Waals surface area contributed by atoms with Gasteiger partial charge in [-0.05, 0) is 36.8 Å². The van der Waals surface area contributed by atoms with E-state index >= 15 is 0 Å². The van der Waals surface area contributed by atoms with Gasteiger partial charge in [0.25, 0.3) is 11.8 Å². The third-order valence-electron chi connectivity index (χ3n) is 4.01. The molecule has 5 nitrogen and oxygen atoms in total. The Morgan fingerprint density at radius 3 is 2.33 bits per heavy atom. The largest absolute Gasteiger partial charge is 0.481 e. The molecule has 0 saturated carbocycles. The molecule has 0 fully saturated rings. The second kappa shape index (κ2) is 5.88. The quantitative estimate of drug-likeness (QED) is 0.876. The van der Waals surface area contributed by atoms with Crippen molar-refractivity contribution in [1.82, 2.24) is 4.90 Å². The Morgan fingerprint density at radius 1 is 1.08 bits per heavy atom. The van der Waals surface area contributed by atoms with E-state index in [2.05, 4.69) is 0 Å². The maximum absolute atomic E-state index is 13.1. The van der Waals surface area contributed by atoms with Crippen molar-refractivity contribution in [3.8, 4) is 0 Å². The van der Waals surface area contributed by atoms with Crippen LogP contribution < -0.4 is 0 Å². The Kier molecular flexibility index (Phi) is 3.89. The van der Waals surface area contributed by atoms with E-state index in [-0.39, 0.29) is 11.1 Å². The molecule has 0 saturated heterocycles. The van der Waals surface area contributed by atoms with Crippen LogP contribution in [0.5, 0.6) is 0 Å². The van der Waals surface area contributed by atoms with Crippen LogP contribution in [0.3, 0.4) is 0 Å². The van der Waals surface area contributed by atoms with E-state index in [1.807, 2.05) is 0 Å². The highest BCUT2D eigenvalue weighted by Crippen LogP contribution is 2.34. The first-order chi connectivity index (χ1) is 11.4. The zero-order valence-electron chi connectivity index (χ0n) is 12.8. The topological polar surface area (TPSA) is 74.7 Å². The summed E-state index contributed by atoms with van der Waals surface area (Å²) < 4.78 is 13.1. The van der Waals surface area contributed by atoms with Crippen LogP contribution in [0.2, 0.25) is 0 Å². The fourth-order valence-corrected chi connectivity index (χ4v) is 2.86. The first-order valence-electron chi connectivity index (χ1n) is 7.34. The fraction of sp³-hybridized carbons (Fsp3) is 0.167. The van der Waals surface area contributed by atoms with Gasteiger partial charge in [0, 0.05) is 0 Å². The molecule has 0 bridgehead atoms. The maximum atomic E-state index is 13.1. The highest BCUT2D eigenvalue weighted by atomic mass is 19.1. The summed E-state index contributed by atoms with van der Waals surface area (Å²) in [6.45, 7) is 1.80. The van der Waals surface area contributed by atoms with Crippen molar-refractivity contribution in [2.45, 2.75) is 19.4 Å². The van der Waals surface area contributed by atoms with E-state index in [0.29, 0.717) is 5.56 Å². The summed E-state index contributed by atoms with van der Waals surface area (Å²) in [4.78, 5) is 37.5. The van der Waals surface area contributed by atoms with Crippen LogP contribution in [-0.2, 0) is 4.79 Å². The minimum Gasteiger partial charge on any atom is -0.481 e. The number of hydrogen-bond acceptors (Lipinski definition) is 3. The summed E-state index contributed by atoms with van der Waals surface area (Å²) >= 11 is 0. The van der Waals surface area contributed by atoms with Gasteiger partial charge in [0.05, 0.1) is 23.6 Å². The van der Waals surface area contributed by atoms with Gasteiger partial charge in [-0.3, -0.25) is 19.3 Å². The number of nitrogens with zero attached hydrogens (tertiary/aromatic N) is 1. The number of carboxylic acids is 1. The molecule has 24 heavy (non-hydrogen) atoms. The van der Waals surface area contributed by atoms with Crippen LogP contribution >= 0.6 is 0 Å². The van der Waals surface area contributed by atoms with Crippen LogP contribution in [0.1, 0.15) is 44.3 Å². The number of carbonyl (C=O) groups is 3. The van der Waals surface area contributed by atoms with Crippen molar-refractivity contribution >= 4 is 17.8 Å². The average molecular weight is 327 g/mol. The molecular formula is C18H14FNO4. The molecule has 6 heteroatoms. The van der Waals surface area contributed by atoms with Gasteiger partial charge in [0.1, 0.15) is 5.82 Å². The van der Waals surface area contributed by atoms with Crippen LogP contribution in [0.15, 0.2) is 42.5 Å². The normalized spacial score (nSPS) is 14.7. The van der Waals surface area contributed by atoms with Gasteiger partial charge in [-0.2, -0.15) is 0 Å². The first-order valence-corrected chi connectivity index (χ1v) is 7.34. The summed E-state index contributed by atoms with van der Waals surface area (Å²) in [7, 11) is 0. The van der Waals surface area contributed by atoms with Gasteiger partial charge in [-0.25, -0.2) is 4.39 Å². The van der Waals surface area contributed by atoms with Gasteiger partial charge in [0.2, 0.25) is 0 Å². The first kappa shape index (κ1) is 15.9. The maximum Gasteiger partial charge on any atom is 0.305 e. The molecule has 122 valence electrons. The number of rotatable bonds is 4. The molecule has 1 atom stereocenters. The van der Waals surface area contributed by atoms with Crippen molar-refractivity contribution in [2.75, 3.05) is 0 Å². The van der Waals surface area contributed by atoms with Crippen LogP contribution in [-0.4, -0.2) is 27.8 Å². The summed E-state index contributed by atoms with van der Waals surface area (Å²) in [5, 5.41) is 9.17. The minimum atomic E-state index is -1.16. The molecule has 0 radical (unpaired) electrons. The van der Waals surface area contributed by atoms with Crippen molar-refractivity contribution in [3.63, 3.8) is 0 Å². The van der Waals surface area contributed by atoms with Gasteiger partial charge in [-0.15, -0.1) is 0 Å². The molecule has 1 N–H and O–H groups in total. The second-order valence-electron chi connectivity index (χ2n) is 5.69. The molecule has 1 aliphatic rings. The Hall–Kier alpha value is -3.02. The molecule has 1 unspecified atom stereocenters. The van der Waals surface area contributed by atoms with E-state index in [4.69, 9.17) is 0 Å². The number of carboxylic acid groups (broad SMARTS) is 1. The fourth-order valence-electron chi connectivity index (χ4n) is 2.86.